The molecule has 0 saturated heterocycles. The molecule has 26 heavy (non-hydrogen) atoms. The van der Waals surface area contributed by atoms with Crippen LogP contribution in [0.4, 0.5) is 5.82 Å². The summed E-state index contributed by atoms with van der Waals surface area (Å²) >= 11 is 0. The molecule has 0 bridgehead atoms. The third-order valence-electron chi connectivity index (χ3n) is 4.96. The maximum absolute atomic E-state index is 12.7. The molecule has 1 N–H and O–H groups in total. The molecule has 4 rings (SSSR count). The van der Waals surface area contributed by atoms with Crippen LogP contribution in [0.2, 0.25) is 0 Å². The molecule has 2 aromatic carbocycles. The summed E-state index contributed by atoms with van der Waals surface area (Å²) in [6, 6.07) is 18.3. The number of aryl methyl sites for hydroxylation is 2. The summed E-state index contributed by atoms with van der Waals surface area (Å²) in [6.07, 6.45) is 4.45. The number of nitrogens with zero attached hydrogens (tertiary/aromatic N) is 2. The number of nitrogens with one attached hydrogen (secondary N) is 1. The molecule has 1 aromatic heterocycles. The van der Waals surface area contributed by atoms with Gasteiger partial charge < -0.3 is 5.32 Å². The van der Waals surface area contributed by atoms with Gasteiger partial charge in [0.25, 0.3) is 0 Å². The van der Waals surface area contributed by atoms with Crippen molar-refractivity contribution in [2.24, 2.45) is 0 Å². The molecule has 4 heteroatoms. The van der Waals surface area contributed by atoms with Crippen molar-refractivity contribution < 1.29 is 4.79 Å². The average molecular weight is 345 g/mol. The first kappa shape index (κ1) is 16.6. The van der Waals surface area contributed by atoms with Gasteiger partial charge in [0, 0.05) is 5.56 Å². The summed E-state index contributed by atoms with van der Waals surface area (Å²) in [6.45, 7) is 2.13. The zero-order valence-corrected chi connectivity index (χ0v) is 15.0. The molecule has 0 unspecified atom stereocenters. The Labute approximate surface area is 153 Å². The maximum Gasteiger partial charge on any atom is 0.229 e. The number of hydrogen-bond donors (Lipinski definition) is 1. The molecular weight excluding hydrogens is 322 g/mol. The molecule has 0 atom stereocenters. The fourth-order valence-corrected chi connectivity index (χ4v) is 3.53. The van der Waals surface area contributed by atoms with Gasteiger partial charge in [-0.25, -0.2) is 4.68 Å². The molecule has 0 radical (unpaired) electrons. The number of carbonyl (C=O) groups excluding carboxylic acids is 1. The van der Waals surface area contributed by atoms with Gasteiger partial charge in [0.1, 0.15) is 5.82 Å². The van der Waals surface area contributed by atoms with Gasteiger partial charge >= 0.3 is 0 Å². The third kappa shape index (κ3) is 3.27. The van der Waals surface area contributed by atoms with Gasteiger partial charge in [0.2, 0.25) is 5.91 Å². The quantitative estimate of drug-likeness (QED) is 0.756. The molecule has 1 amide bonds. The van der Waals surface area contributed by atoms with Gasteiger partial charge in [-0.2, -0.15) is 5.10 Å². The summed E-state index contributed by atoms with van der Waals surface area (Å²) in [5.74, 6) is 0.833. The van der Waals surface area contributed by atoms with E-state index >= 15 is 0 Å². The van der Waals surface area contributed by atoms with Gasteiger partial charge in [-0.3, -0.25) is 4.79 Å². The van der Waals surface area contributed by atoms with Crippen LogP contribution in [0.3, 0.4) is 0 Å². The molecule has 1 aliphatic rings. The summed E-state index contributed by atoms with van der Waals surface area (Å²) in [4.78, 5) is 12.7. The lowest BCUT2D eigenvalue weighted by molar-refractivity contribution is -0.115. The highest BCUT2D eigenvalue weighted by Gasteiger charge is 2.24. The highest BCUT2D eigenvalue weighted by atomic mass is 16.1. The Morgan fingerprint density at radius 1 is 1.04 bits per heavy atom. The first-order valence-electron chi connectivity index (χ1n) is 9.28. The molecule has 0 fully saturated rings. The lowest BCUT2D eigenvalue weighted by Crippen LogP contribution is -2.18. The first-order valence-corrected chi connectivity index (χ1v) is 9.28. The largest absolute Gasteiger partial charge is 0.310 e. The molecule has 1 heterocycles. The number of rotatable bonds is 5. The Kier molecular flexibility index (Phi) is 4.57. The number of carbonyl (C=O) groups is 1. The highest BCUT2D eigenvalue weighted by molar-refractivity contribution is 5.92. The predicted octanol–water partition coefficient (Wildman–Crippen LogP) is 4.10. The van der Waals surface area contributed by atoms with Crippen molar-refractivity contribution in [3.05, 3.63) is 77.0 Å². The SMILES string of the molecule is CCc1ccc(CC(=O)Nc2c3c(nn2-c2ccccc2)CCC3)cc1. The van der Waals surface area contributed by atoms with E-state index < -0.39 is 0 Å². The van der Waals surface area contributed by atoms with Crippen molar-refractivity contribution in [3.63, 3.8) is 0 Å². The molecule has 0 spiro atoms. The van der Waals surface area contributed by atoms with Crippen LogP contribution in [-0.4, -0.2) is 15.7 Å². The predicted molar refractivity (Wildman–Crippen MR) is 104 cm³/mol. The second-order valence-corrected chi connectivity index (χ2v) is 6.77. The summed E-state index contributed by atoms with van der Waals surface area (Å²) in [7, 11) is 0. The standard InChI is InChI=1S/C22H23N3O/c1-2-16-11-13-17(14-12-16)15-21(26)23-22-19-9-6-10-20(19)24-25(22)18-7-4-3-5-8-18/h3-5,7-8,11-14H,2,6,9-10,15H2,1H3,(H,23,26). The fourth-order valence-electron chi connectivity index (χ4n) is 3.53. The minimum Gasteiger partial charge on any atom is -0.310 e. The Morgan fingerprint density at radius 3 is 2.50 bits per heavy atom. The number of benzene rings is 2. The zero-order valence-electron chi connectivity index (χ0n) is 15.0. The Morgan fingerprint density at radius 2 is 1.77 bits per heavy atom. The van der Waals surface area contributed by atoms with Gasteiger partial charge in [-0.1, -0.05) is 49.4 Å². The topological polar surface area (TPSA) is 46.9 Å². The molecule has 4 nitrogen and oxygen atoms in total. The number of hydrogen-bond acceptors (Lipinski definition) is 2. The van der Waals surface area contributed by atoms with E-state index in [0.29, 0.717) is 6.42 Å². The second-order valence-electron chi connectivity index (χ2n) is 6.77. The van der Waals surface area contributed by atoms with Crippen molar-refractivity contribution >= 4 is 11.7 Å². The van der Waals surface area contributed by atoms with Crippen LogP contribution >= 0.6 is 0 Å². The lowest BCUT2D eigenvalue weighted by Gasteiger charge is -2.11. The van der Waals surface area contributed by atoms with E-state index in [0.717, 1.165) is 48.4 Å². The van der Waals surface area contributed by atoms with E-state index in [4.69, 9.17) is 5.10 Å². The van der Waals surface area contributed by atoms with Crippen LogP contribution in [0.15, 0.2) is 54.6 Å². The lowest BCUT2D eigenvalue weighted by atomic mass is 10.1. The van der Waals surface area contributed by atoms with Crippen molar-refractivity contribution in [2.75, 3.05) is 5.32 Å². The van der Waals surface area contributed by atoms with Crippen molar-refractivity contribution in [1.29, 1.82) is 0 Å². The number of aromatic nitrogens is 2. The van der Waals surface area contributed by atoms with Crippen LogP contribution in [0.5, 0.6) is 0 Å². The van der Waals surface area contributed by atoms with Gasteiger partial charge in [-0.15, -0.1) is 0 Å². The monoisotopic (exact) mass is 345 g/mol. The smallest absolute Gasteiger partial charge is 0.229 e. The Hall–Kier alpha value is -2.88. The van der Waals surface area contributed by atoms with Crippen LogP contribution in [0, 0.1) is 0 Å². The number of fused-ring (bicyclic) bond motifs is 1. The molecular formula is C22H23N3O. The van der Waals surface area contributed by atoms with E-state index in [1.807, 2.05) is 47.1 Å². The fraction of sp³-hybridized carbons (Fsp3) is 0.273. The summed E-state index contributed by atoms with van der Waals surface area (Å²) in [5.41, 5.74) is 5.58. The maximum atomic E-state index is 12.7. The van der Waals surface area contributed by atoms with Crippen LogP contribution in [-0.2, 0) is 30.5 Å². The van der Waals surface area contributed by atoms with E-state index in [1.165, 1.54) is 11.1 Å². The summed E-state index contributed by atoms with van der Waals surface area (Å²) < 4.78 is 1.88. The minimum absolute atomic E-state index is 0.000953. The van der Waals surface area contributed by atoms with Crippen LogP contribution in [0.25, 0.3) is 5.69 Å². The summed E-state index contributed by atoms with van der Waals surface area (Å²) in [5, 5.41) is 7.87. The highest BCUT2D eigenvalue weighted by Crippen LogP contribution is 2.31. The second kappa shape index (κ2) is 7.16. The van der Waals surface area contributed by atoms with E-state index in [2.05, 4.69) is 24.4 Å². The van der Waals surface area contributed by atoms with Gasteiger partial charge in [-0.05, 0) is 48.9 Å². The van der Waals surface area contributed by atoms with Crippen molar-refractivity contribution in [2.45, 2.75) is 39.0 Å². The van der Waals surface area contributed by atoms with Gasteiger partial charge in [0.05, 0.1) is 17.8 Å². The molecule has 1 aliphatic carbocycles. The van der Waals surface area contributed by atoms with E-state index in [1.54, 1.807) is 0 Å². The van der Waals surface area contributed by atoms with Crippen LogP contribution in [0.1, 0.15) is 35.7 Å². The molecule has 0 saturated carbocycles. The molecule has 132 valence electrons. The molecule has 3 aromatic rings. The average Bonchev–Trinajstić information content (AvgIpc) is 3.26. The number of anilines is 1. The molecule has 0 aliphatic heterocycles. The minimum atomic E-state index is 0.000953. The first-order chi connectivity index (χ1) is 12.7. The van der Waals surface area contributed by atoms with Crippen LogP contribution < -0.4 is 5.32 Å². The van der Waals surface area contributed by atoms with Crippen molar-refractivity contribution in [1.82, 2.24) is 9.78 Å². The normalized spacial score (nSPS) is 12.8. The number of para-hydroxylation sites is 1. The Bertz CT molecular complexity index is 911. The Balaban J connectivity index is 1.58. The van der Waals surface area contributed by atoms with E-state index in [-0.39, 0.29) is 5.91 Å². The number of amides is 1. The van der Waals surface area contributed by atoms with Crippen molar-refractivity contribution in [3.8, 4) is 5.69 Å². The zero-order chi connectivity index (χ0) is 17.9. The van der Waals surface area contributed by atoms with Gasteiger partial charge in [0.15, 0.2) is 0 Å². The van der Waals surface area contributed by atoms with E-state index in [9.17, 15) is 4.79 Å². The third-order valence-corrected chi connectivity index (χ3v) is 4.96.